The highest BCUT2D eigenvalue weighted by atomic mass is 79.9. The molecule has 1 heterocycles. The Bertz CT molecular complexity index is 366. The second kappa shape index (κ2) is 4.51. The minimum Gasteiger partial charge on any atom is -0.466 e. The van der Waals surface area contributed by atoms with E-state index in [0.29, 0.717) is 13.4 Å². The number of benzene rings is 1. The van der Waals surface area contributed by atoms with Gasteiger partial charge < -0.3 is 15.2 Å². The van der Waals surface area contributed by atoms with Gasteiger partial charge in [-0.2, -0.15) is 0 Å². The van der Waals surface area contributed by atoms with Crippen molar-refractivity contribution in [1.29, 1.82) is 0 Å². The molecule has 0 spiro atoms. The van der Waals surface area contributed by atoms with Gasteiger partial charge in [-0.15, -0.1) is 0 Å². The van der Waals surface area contributed by atoms with Gasteiger partial charge in [-0.25, -0.2) is 0 Å². The van der Waals surface area contributed by atoms with Crippen molar-refractivity contribution in [2.24, 2.45) is 5.73 Å². The lowest BCUT2D eigenvalue weighted by Gasteiger charge is -2.20. The SMILES string of the molecule is CC(N)Cc1cc(Br)c2c(c1)COCO2. The monoisotopic (exact) mass is 271 g/mol. The largest absolute Gasteiger partial charge is 0.466 e. The van der Waals surface area contributed by atoms with E-state index in [1.54, 1.807) is 0 Å². The molecule has 3 nitrogen and oxygen atoms in total. The molecule has 1 atom stereocenters. The highest BCUT2D eigenvalue weighted by molar-refractivity contribution is 9.10. The van der Waals surface area contributed by atoms with Gasteiger partial charge in [0.15, 0.2) is 6.79 Å². The summed E-state index contributed by atoms with van der Waals surface area (Å²) in [5, 5.41) is 0. The Morgan fingerprint density at radius 1 is 1.53 bits per heavy atom. The molecule has 2 N–H and O–H groups in total. The summed E-state index contributed by atoms with van der Waals surface area (Å²) in [5.74, 6) is 0.898. The van der Waals surface area contributed by atoms with E-state index in [4.69, 9.17) is 15.2 Å². The van der Waals surface area contributed by atoms with Crippen LogP contribution in [0, 0.1) is 0 Å². The molecule has 0 bridgehead atoms. The summed E-state index contributed by atoms with van der Waals surface area (Å²) in [7, 11) is 0. The quantitative estimate of drug-likeness (QED) is 0.897. The number of fused-ring (bicyclic) bond motifs is 1. The first kappa shape index (κ1) is 10.9. The van der Waals surface area contributed by atoms with Crippen molar-refractivity contribution in [3.05, 3.63) is 27.7 Å². The Hall–Kier alpha value is -0.580. The van der Waals surface area contributed by atoms with Crippen LogP contribution in [0.5, 0.6) is 5.75 Å². The van der Waals surface area contributed by atoms with Crippen molar-refractivity contribution in [3.63, 3.8) is 0 Å². The third-order valence-electron chi connectivity index (χ3n) is 2.28. The number of nitrogens with two attached hydrogens (primary N) is 1. The Labute approximate surface area is 97.7 Å². The molecule has 0 aliphatic carbocycles. The predicted molar refractivity (Wildman–Crippen MR) is 61.8 cm³/mol. The van der Waals surface area contributed by atoms with Crippen LogP contribution in [0.4, 0.5) is 0 Å². The van der Waals surface area contributed by atoms with Crippen molar-refractivity contribution < 1.29 is 9.47 Å². The summed E-state index contributed by atoms with van der Waals surface area (Å²) in [4.78, 5) is 0. The summed E-state index contributed by atoms with van der Waals surface area (Å²) < 4.78 is 11.6. The zero-order chi connectivity index (χ0) is 10.8. The molecule has 0 aromatic heterocycles. The molecule has 0 saturated heterocycles. The molecule has 0 fully saturated rings. The molecule has 1 aliphatic heterocycles. The molecule has 82 valence electrons. The highest BCUT2D eigenvalue weighted by Crippen LogP contribution is 2.33. The molecular weight excluding hydrogens is 258 g/mol. The van der Waals surface area contributed by atoms with Crippen LogP contribution in [0.1, 0.15) is 18.1 Å². The summed E-state index contributed by atoms with van der Waals surface area (Å²) >= 11 is 3.50. The third kappa shape index (κ3) is 2.51. The molecule has 1 aliphatic rings. The molecule has 1 aromatic carbocycles. The zero-order valence-electron chi connectivity index (χ0n) is 8.63. The first-order valence-electron chi connectivity index (χ1n) is 4.94. The van der Waals surface area contributed by atoms with Crippen LogP contribution in [-0.2, 0) is 17.8 Å². The van der Waals surface area contributed by atoms with E-state index in [0.717, 1.165) is 22.2 Å². The van der Waals surface area contributed by atoms with Crippen LogP contribution in [0.25, 0.3) is 0 Å². The molecular formula is C11H14BrNO2. The highest BCUT2D eigenvalue weighted by Gasteiger charge is 2.15. The van der Waals surface area contributed by atoms with Crippen molar-refractivity contribution >= 4 is 15.9 Å². The number of hydrogen-bond donors (Lipinski definition) is 1. The molecule has 1 aromatic rings. The lowest BCUT2D eigenvalue weighted by atomic mass is 10.0. The van der Waals surface area contributed by atoms with Gasteiger partial charge in [-0.05, 0) is 47.0 Å². The van der Waals surface area contributed by atoms with Crippen molar-refractivity contribution in [1.82, 2.24) is 0 Å². The van der Waals surface area contributed by atoms with E-state index in [9.17, 15) is 0 Å². The topological polar surface area (TPSA) is 44.5 Å². The van der Waals surface area contributed by atoms with E-state index < -0.39 is 0 Å². The van der Waals surface area contributed by atoms with Crippen LogP contribution >= 0.6 is 15.9 Å². The minimum atomic E-state index is 0.167. The third-order valence-corrected chi connectivity index (χ3v) is 2.87. The molecule has 4 heteroatoms. The van der Waals surface area contributed by atoms with Gasteiger partial charge in [-0.3, -0.25) is 0 Å². The second-order valence-electron chi connectivity index (χ2n) is 3.86. The molecule has 0 radical (unpaired) electrons. The van der Waals surface area contributed by atoms with Gasteiger partial charge in [0, 0.05) is 11.6 Å². The van der Waals surface area contributed by atoms with E-state index in [1.165, 1.54) is 5.56 Å². The lowest BCUT2D eigenvalue weighted by molar-refractivity contribution is -0.0169. The van der Waals surface area contributed by atoms with Gasteiger partial charge in [0.2, 0.25) is 0 Å². The maximum absolute atomic E-state index is 5.77. The summed E-state index contributed by atoms with van der Waals surface area (Å²) in [6.45, 7) is 2.94. The number of hydrogen-bond acceptors (Lipinski definition) is 3. The lowest BCUT2D eigenvalue weighted by Crippen LogP contribution is -2.18. The van der Waals surface area contributed by atoms with Gasteiger partial charge in [0.05, 0.1) is 11.1 Å². The Kier molecular flexibility index (Phi) is 3.29. The van der Waals surface area contributed by atoms with Crippen molar-refractivity contribution in [3.8, 4) is 5.75 Å². The van der Waals surface area contributed by atoms with Gasteiger partial charge in [0.25, 0.3) is 0 Å². The number of ether oxygens (including phenoxy) is 2. The van der Waals surface area contributed by atoms with Crippen molar-refractivity contribution in [2.45, 2.75) is 26.0 Å². The fourth-order valence-electron chi connectivity index (χ4n) is 1.72. The number of rotatable bonds is 2. The Balaban J connectivity index is 2.32. The van der Waals surface area contributed by atoms with Crippen molar-refractivity contribution in [2.75, 3.05) is 6.79 Å². The van der Waals surface area contributed by atoms with Crippen LogP contribution < -0.4 is 10.5 Å². The molecule has 0 amide bonds. The van der Waals surface area contributed by atoms with Gasteiger partial charge in [0.1, 0.15) is 5.75 Å². The van der Waals surface area contributed by atoms with Gasteiger partial charge >= 0.3 is 0 Å². The van der Waals surface area contributed by atoms with E-state index in [-0.39, 0.29) is 6.04 Å². The molecule has 2 rings (SSSR count). The fourth-order valence-corrected chi connectivity index (χ4v) is 2.39. The van der Waals surface area contributed by atoms with E-state index in [1.807, 2.05) is 6.92 Å². The van der Waals surface area contributed by atoms with E-state index >= 15 is 0 Å². The van der Waals surface area contributed by atoms with Crippen LogP contribution in [-0.4, -0.2) is 12.8 Å². The standard InChI is InChI=1S/C11H14BrNO2/c1-7(13)2-8-3-9-5-14-6-15-11(9)10(12)4-8/h3-4,7H,2,5-6,13H2,1H3. The molecule has 15 heavy (non-hydrogen) atoms. The van der Waals surface area contributed by atoms with Crippen LogP contribution in [0.3, 0.4) is 0 Å². The summed E-state index contributed by atoms with van der Waals surface area (Å²) in [6.07, 6.45) is 0.867. The molecule has 0 saturated carbocycles. The fraction of sp³-hybridized carbons (Fsp3) is 0.455. The number of halogens is 1. The minimum absolute atomic E-state index is 0.167. The van der Waals surface area contributed by atoms with Crippen LogP contribution in [0.15, 0.2) is 16.6 Å². The second-order valence-corrected chi connectivity index (χ2v) is 4.71. The normalized spacial score (nSPS) is 16.7. The Morgan fingerprint density at radius 3 is 3.07 bits per heavy atom. The Morgan fingerprint density at radius 2 is 2.33 bits per heavy atom. The van der Waals surface area contributed by atoms with E-state index in [2.05, 4.69) is 28.1 Å². The predicted octanol–water partition coefficient (Wildman–Crippen LogP) is 2.21. The zero-order valence-corrected chi connectivity index (χ0v) is 10.2. The average Bonchev–Trinajstić information content (AvgIpc) is 2.16. The molecule has 1 unspecified atom stereocenters. The smallest absolute Gasteiger partial charge is 0.189 e. The maximum Gasteiger partial charge on any atom is 0.189 e. The van der Waals surface area contributed by atoms with Crippen LogP contribution in [0.2, 0.25) is 0 Å². The summed E-state index contributed by atoms with van der Waals surface area (Å²) in [6, 6.07) is 4.33. The first-order valence-corrected chi connectivity index (χ1v) is 5.73. The first-order chi connectivity index (χ1) is 7.16. The summed E-state index contributed by atoms with van der Waals surface area (Å²) in [5.41, 5.74) is 8.07. The maximum atomic E-state index is 5.77. The van der Waals surface area contributed by atoms with Gasteiger partial charge in [-0.1, -0.05) is 0 Å². The average molecular weight is 272 g/mol.